The molecule has 0 amide bonds. The molecule has 3 rings (SSSR count). The van der Waals surface area contributed by atoms with Crippen molar-refractivity contribution in [1.82, 2.24) is 15.0 Å². The number of ether oxygens (including phenoxy) is 1. The molecule has 0 aliphatic rings. The number of hydrogen-bond donors (Lipinski definition) is 2. The molecule has 0 atom stereocenters. The van der Waals surface area contributed by atoms with Gasteiger partial charge in [0, 0.05) is 16.1 Å². The number of nitrogens with one attached hydrogen (secondary N) is 2. The van der Waals surface area contributed by atoms with Crippen LogP contribution in [0.1, 0.15) is 5.56 Å². The third-order valence-electron chi connectivity index (χ3n) is 3.55. The molecule has 0 radical (unpaired) electrons. The van der Waals surface area contributed by atoms with E-state index in [1.165, 1.54) is 25.5 Å². The number of hydrogen-bond acceptors (Lipinski definition) is 5. The zero-order valence-corrected chi connectivity index (χ0v) is 15.3. The van der Waals surface area contributed by atoms with Crippen LogP contribution in [0.4, 0.5) is 0 Å². The van der Waals surface area contributed by atoms with Crippen LogP contribution in [0, 0.1) is 0 Å². The first-order valence-electron chi connectivity index (χ1n) is 7.48. The van der Waals surface area contributed by atoms with Gasteiger partial charge < -0.3 is 4.74 Å². The summed E-state index contributed by atoms with van der Waals surface area (Å²) < 4.78 is 29.5. The number of nitrogens with zero attached hydrogens (tertiary/aromatic N) is 2. The number of aromatic amines is 1. The lowest BCUT2D eigenvalue weighted by atomic mass is 10.1. The minimum atomic E-state index is -3.77. The molecule has 3 aromatic rings. The molecule has 0 bridgehead atoms. The van der Waals surface area contributed by atoms with Crippen LogP contribution < -0.4 is 9.57 Å². The molecular weight excluding hydrogens is 376 g/mol. The maximum absolute atomic E-state index is 12.2. The molecule has 1 aromatic heterocycles. The summed E-state index contributed by atoms with van der Waals surface area (Å²) >= 11 is 5.89. The number of rotatable bonds is 6. The van der Waals surface area contributed by atoms with Crippen LogP contribution in [-0.4, -0.2) is 31.9 Å². The van der Waals surface area contributed by atoms with Gasteiger partial charge >= 0.3 is 0 Å². The molecule has 0 aliphatic heterocycles. The molecule has 0 fully saturated rings. The van der Waals surface area contributed by atoms with Crippen LogP contribution in [0.15, 0.2) is 64.7 Å². The molecular formula is C17H15ClN4O3S. The van der Waals surface area contributed by atoms with Crippen molar-refractivity contribution in [3.8, 4) is 17.0 Å². The normalized spacial score (nSPS) is 11.6. The van der Waals surface area contributed by atoms with Crippen LogP contribution in [-0.2, 0) is 10.0 Å². The van der Waals surface area contributed by atoms with Gasteiger partial charge in [-0.1, -0.05) is 23.7 Å². The van der Waals surface area contributed by atoms with Gasteiger partial charge in [0.05, 0.1) is 30.1 Å². The first kappa shape index (κ1) is 18.0. The van der Waals surface area contributed by atoms with E-state index in [0.717, 1.165) is 5.56 Å². The van der Waals surface area contributed by atoms with Gasteiger partial charge in [0.15, 0.2) is 0 Å². The summed E-state index contributed by atoms with van der Waals surface area (Å²) in [6.45, 7) is 0. The summed E-state index contributed by atoms with van der Waals surface area (Å²) in [5.41, 5.74) is 2.19. The van der Waals surface area contributed by atoms with Gasteiger partial charge in [0.25, 0.3) is 10.0 Å². The number of sulfonamides is 1. The van der Waals surface area contributed by atoms with E-state index in [1.807, 2.05) is 12.1 Å². The second kappa shape index (κ2) is 7.59. The van der Waals surface area contributed by atoms with E-state index in [9.17, 15) is 8.42 Å². The minimum absolute atomic E-state index is 0.0839. The summed E-state index contributed by atoms with van der Waals surface area (Å²) in [6.07, 6.45) is 2.93. The summed E-state index contributed by atoms with van der Waals surface area (Å²) in [6, 6.07) is 13.2. The Bertz CT molecular complexity index is 1010. The van der Waals surface area contributed by atoms with Crippen LogP contribution in [0.25, 0.3) is 11.3 Å². The van der Waals surface area contributed by atoms with Crippen LogP contribution in [0.3, 0.4) is 0 Å². The lowest BCUT2D eigenvalue weighted by Gasteiger charge is -2.04. The Balaban J connectivity index is 1.76. The van der Waals surface area contributed by atoms with E-state index in [4.69, 9.17) is 16.3 Å². The van der Waals surface area contributed by atoms with Crippen molar-refractivity contribution >= 4 is 27.8 Å². The number of benzene rings is 2. The Kier molecular flexibility index (Phi) is 5.24. The Labute approximate surface area is 155 Å². The highest BCUT2D eigenvalue weighted by Crippen LogP contribution is 2.22. The maximum Gasteiger partial charge on any atom is 0.276 e. The lowest BCUT2D eigenvalue weighted by Crippen LogP contribution is -2.18. The maximum atomic E-state index is 12.2. The average Bonchev–Trinajstić information content (AvgIpc) is 3.11. The molecule has 2 aromatic carbocycles. The Morgan fingerprint density at radius 2 is 1.85 bits per heavy atom. The average molecular weight is 391 g/mol. The molecule has 134 valence electrons. The van der Waals surface area contributed by atoms with Crippen molar-refractivity contribution in [2.45, 2.75) is 4.90 Å². The highest BCUT2D eigenvalue weighted by molar-refractivity contribution is 7.89. The van der Waals surface area contributed by atoms with Crippen LogP contribution >= 0.6 is 11.6 Å². The lowest BCUT2D eigenvalue weighted by molar-refractivity contribution is 0.414. The van der Waals surface area contributed by atoms with E-state index < -0.39 is 10.0 Å². The van der Waals surface area contributed by atoms with Gasteiger partial charge in [-0.05, 0) is 36.4 Å². The van der Waals surface area contributed by atoms with Crippen molar-refractivity contribution in [1.29, 1.82) is 0 Å². The second-order valence-electron chi connectivity index (χ2n) is 5.24. The molecule has 0 saturated carbocycles. The summed E-state index contributed by atoms with van der Waals surface area (Å²) in [4.78, 5) is 2.26. The first-order valence-corrected chi connectivity index (χ1v) is 9.34. The van der Waals surface area contributed by atoms with E-state index >= 15 is 0 Å². The molecule has 1 heterocycles. The number of methoxy groups -OCH3 is 1. The SMILES string of the molecule is COc1ccc(S(=O)(=O)NN=Cc2cn[nH]c2-c2ccc(Cl)cc2)cc1. The Morgan fingerprint density at radius 3 is 2.50 bits per heavy atom. The number of hydrazone groups is 1. The van der Waals surface area contributed by atoms with Crippen molar-refractivity contribution in [2.24, 2.45) is 5.10 Å². The number of halogens is 1. The van der Waals surface area contributed by atoms with Crippen molar-refractivity contribution in [2.75, 3.05) is 7.11 Å². The second-order valence-corrected chi connectivity index (χ2v) is 7.33. The van der Waals surface area contributed by atoms with Gasteiger partial charge in [-0.3, -0.25) is 5.10 Å². The highest BCUT2D eigenvalue weighted by Gasteiger charge is 2.13. The van der Waals surface area contributed by atoms with Crippen molar-refractivity contribution in [3.63, 3.8) is 0 Å². The van der Waals surface area contributed by atoms with Crippen LogP contribution in [0.2, 0.25) is 5.02 Å². The summed E-state index contributed by atoms with van der Waals surface area (Å²) in [5.74, 6) is 0.568. The smallest absolute Gasteiger partial charge is 0.276 e. The molecule has 0 saturated heterocycles. The van der Waals surface area contributed by atoms with E-state index in [-0.39, 0.29) is 4.90 Å². The molecule has 9 heteroatoms. The van der Waals surface area contributed by atoms with Gasteiger partial charge in [0.1, 0.15) is 5.75 Å². The number of aromatic nitrogens is 2. The standard InChI is InChI=1S/C17H15ClN4O3S/c1-25-15-6-8-16(9-7-15)26(23,24)22-20-11-13-10-19-21-17(13)12-2-4-14(18)5-3-12/h2-11,22H,1H3,(H,19,21). The highest BCUT2D eigenvalue weighted by atomic mass is 35.5. The molecule has 0 spiro atoms. The van der Waals surface area contributed by atoms with Crippen molar-refractivity contribution in [3.05, 3.63) is 65.3 Å². The van der Waals surface area contributed by atoms with Gasteiger partial charge in [-0.15, -0.1) is 0 Å². The third kappa shape index (κ3) is 4.04. The summed E-state index contributed by atoms with van der Waals surface area (Å²) in [5, 5.41) is 11.3. The predicted octanol–water partition coefficient (Wildman–Crippen LogP) is 3.05. The molecule has 7 nitrogen and oxygen atoms in total. The predicted molar refractivity (Wildman–Crippen MR) is 99.9 cm³/mol. The first-order chi connectivity index (χ1) is 12.5. The molecule has 0 aliphatic carbocycles. The zero-order valence-electron chi connectivity index (χ0n) is 13.7. The van der Waals surface area contributed by atoms with Gasteiger partial charge in [-0.25, -0.2) is 4.83 Å². The fourth-order valence-electron chi connectivity index (χ4n) is 2.21. The van der Waals surface area contributed by atoms with Crippen LogP contribution in [0.5, 0.6) is 5.75 Å². The van der Waals surface area contributed by atoms with E-state index in [1.54, 1.807) is 30.5 Å². The fourth-order valence-corrected chi connectivity index (χ4v) is 3.13. The fraction of sp³-hybridized carbons (Fsp3) is 0.0588. The Morgan fingerprint density at radius 1 is 1.15 bits per heavy atom. The largest absolute Gasteiger partial charge is 0.497 e. The zero-order chi connectivity index (χ0) is 18.6. The summed E-state index contributed by atoms with van der Waals surface area (Å²) in [7, 11) is -2.26. The van der Waals surface area contributed by atoms with Crippen molar-refractivity contribution < 1.29 is 13.2 Å². The molecule has 26 heavy (non-hydrogen) atoms. The van der Waals surface area contributed by atoms with Gasteiger partial charge in [0.2, 0.25) is 0 Å². The topological polar surface area (TPSA) is 96.4 Å². The van der Waals surface area contributed by atoms with E-state index in [2.05, 4.69) is 20.1 Å². The Hall–Kier alpha value is -2.84. The molecule has 0 unspecified atom stereocenters. The monoisotopic (exact) mass is 390 g/mol. The van der Waals surface area contributed by atoms with E-state index in [0.29, 0.717) is 22.0 Å². The molecule has 2 N–H and O–H groups in total. The number of H-pyrrole nitrogens is 1. The van der Waals surface area contributed by atoms with Gasteiger partial charge in [-0.2, -0.15) is 18.6 Å². The minimum Gasteiger partial charge on any atom is -0.497 e. The third-order valence-corrected chi connectivity index (χ3v) is 5.04. The quantitative estimate of drug-likeness (QED) is 0.499.